The molecule has 144 valence electrons. The van der Waals surface area contributed by atoms with Crippen molar-refractivity contribution in [2.75, 3.05) is 19.6 Å². The fourth-order valence-corrected chi connectivity index (χ4v) is 3.72. The van der Waals surface area contributed by atoms with Crippen LogP contribution in [0.2, 0.25) is 0 Å². The van der Waals surface area contributed by atoms with Crippen molar-refractivity contribution < 1.29 is 9.18 Å². The summed E-state index contributed by atoms with van der Waals surface area (Å²) < 4.78 is 12.9. The van der Waals surface area contributed by atoms with Crippen LogP contribution in [0.15, 0.2) is 48.5 Å². The highest BCUT2D eigenvalue weighted by atomic mass is 19.1. The van der Waals surface area contributed by atoms with Gasteiger partial charge < -0.3 is 5.32 Å². The van der Waals surface area contributed by atoms with Crippen LogP contribution < -0.4 is 5.32 Å². The molecule has 3 rings (SSSR count). The van der Waals surface area contributed by atoms with E-state index in [1.54, 1.807) is 12.1 Å². The predicted molar refractivity (Wildman–Crippen MR) is 107 cm³/mol. The summed E-state index contributed by atoms with van der Waals surface area (Å²) in [6, 6.07) is 15.2. The molecule has 3 nitrogen and oxygen atoms in total. The van der Waals surface area contributed by atoms with Crippen molar-refractivity contribution in [1.29, 1.82) is 0 Å². The van der Waals surface area contributed by atoms with Crippen molar-refractivity contribution in [3.05, 3.63) is 71.0 Å². The average molecular weight is 368 g/mol. The van der Waals surface area contributed by atoms with Crippen LogP contribution in [0.3, 0.4) is 0 Å². The number of piperidine rings is 1. The topological polar surface area (TPSA) is 32.3 Å². The molecule has 0 saturated carbocycles. The van der Waals surface area contributed by atoms with E-state index in [2.05, 4.69) is 41.4 Å². The van der Waals surface area contributed by atoms with Gasteiger partial charge in [-0.1, -0.05) is 42.0 Å². The van der Waals surface area contributed by atoms with E-state index in [0.717, 1.165) is 50.9 Å². The first-order valence-corrected chi connectivity index (χ1v) is 9.90. The SMILES string of the molecule is Cc1cccc(CN2CCC(C(=O)NCCCc3ccc(F)cc3)CC2)c1. The number of halogens is 1. The molecule has 1 heterocycles. The second-order valence-electron chi connectivity index (χ2n) is 7.56. The summed E-state index contributed by atoms with van der Waals surface area (Å²) in [7, 11) is 0. The van der Waals surface area contributed by atoms with Crippen LogP contribution in [0.4, 0.5) is 4.39 Å². The Morgan fingerprint density at radius 1 is 1.11 bits per heavy atom. The minimum absolute atomic E-state index is 0.129. The molecule has 0 atom stereocenters. The van der Waals surface area contributed by atoms with Crippen molar-refractivity contribution in [3.8, 4) is 0 Å². The van der Waals surface area contributed by atoms with E-state index in [1.165, 1.54) is 23.3 Å². The highest BCUT2D eigenvalue weighted by molar-refractivity contribution is 5.78. The molecule has 1 saturated heterocycles. The van der Waals surface area contributed by atoms with Crippen LogP contribution in [0.25, 0.3) is 0 Å². The van der Waals surface area contributed by atoms with E-state index >= 15 is 0 Å². The summed E-state index contributed by atoms with van der Waals surface area (Å²) in [6.07, 6.45) is 3.59. The van der Waals surface area contributed by atoms with Gasteiger partial charge in [0.05, 0.1) is 0 Å². The molecular formula is C23H29FN2O. The number of carbonyl (C=O) groups is 1. The van der Waals surface area contributed by atoms with Crippen LogP contribution in [-0.2, 0) is 17.8 Å². The molecule has 2 aromatic carbocycles. The largest absolute Gasteiger partial charge is 0.356 e. The van der Waals surface area contributed by atoms with E-state index in [0.29, 0.717) is 6.54 Å². The lowest BCUT2D eigenvalue weighted by Crippen LogP contribution is -2.40. The van der Waals surface area contributed by atoms with Crippen molar-refractivity contribution in [3.63, 3.8) is 0 Å². The van der Waals surface area contributed by atoms with Gasteiger partial charge in [-0.25, -0.2) is 4.39 Å². The quantitative estimate of drug-likeness (QED) is 0.747. The maximum absolute atomic E-state index is 12.9. The first kappa shape index (κ1) is 19.6. The van der Waals surface area contributed by atoms with Crippen molar-refractivity contribution >= 4 is 5.91 Å². The molecule has 4 heteroatoms. The first-order chi connectivity index (χ1) is 13.1. The fraction of sp³-hybridized carbons (Fsp3) is 0.435. The second kappa shape index (κ2) is 9.65. The molecule has 1 amide bonds. The lowest BCUT2D eigenvalue weighted by molar-refractivity contribution is -0.126. The molecule has 0 spiro atoms. The van der Waals surface area contributed by atoms with Gasteiger partial charge in [-0.15, -0.1) is 0 Å². The fourth-order valence-electron chi connectivity index (χ4n) is 3.72. The summed E-state index contributed by atoms with van der Waals surface area (Å²) in [4.78, 5) is 14.8. The van der Waals surface area contributed by atoms with E-state index in [-0.39, 0.29) is 17.6 Å². The zero-order valence-corrected chi connectivity index (χ0v) is 16.1. The lowest BCUT2D eigenvalue weighted by atomic mass is 9.95. The van der Waals surface area contributed by atoms with Gasteiger partial charge >= 0.3 is 0 Å². The van der Waals surface area contributed by atoms with Crippen molar-refractivity contribution in [2.24, 2.45) is 5.92 Å². The number of aryl methyl sites for hydroxylation is 2. The predicted octanol–water partition coefficient (Wildman–Crippen LogP) is 4.10. The number of nitrogens with zero attached hydrogens (tertiary/aromatic N) is 1. The standard InChI is InChI=1S/C23H29FN2O/c1-18-4-2-5-20(16-18)17-26-14-11-21(12-15-26)23(27)25-13-3-6-19-7-9-22(24)10-8-19/h2,4-5,7-10,16,21H,3,6,11-15,17H2,1H3,(H,25,27). The van der Waals surface area contributed by atoms with E-state index in [1.807, 2.05) is 0 Å². The van der Waals surface area contributed by atoms with Gasteiger partial charge in [0.15, 0.2) is 0 Å². The molecule has 0 aliphatic carbocycles. The van der Waals surface area contributed by atoms with Gasteiger partial charge in [0.2, 0.25) is 5.91 Å². The van der Waals surface area contributed by atoms with Crippen LogP contribution in [0.1, 0.15) is 36.0 Å². The Labute approximate surface area is 161 Å². The first-order valence-electron chi connectivity index (χ1n) is 9.90. The van der Waals surface area contributed by atoms with Gasteiger partial charge in [-0.2, -0.15) is 0 Å². The average Bonchev–Trinajstić information content (AvgIpc) is 2.67. The zero-order valence-electron chi connectivity index (χ0n) is 16.1. The van der Waals surface area contributed by atoms with Gasteiger partial charge in [-0.05, 0) is 69.0 Å². The van der Waals surface area contributed by atoms with E-state index in [9.17, 15) is 9.18 Å². The zero-order chi connectivity index (χ0) is 19.1. The maximum Gasteiger partial charge on any atom is 0.223 e. The molecule has 1 aliphatic rings. The summed E-state index contributed by atoms with van der Waals surface area (Å²) in [6.45, 7) is 5.72. The third-order valence-electron chi connectivity index (χ3n) is 5.30. The number of hydrogen-bond donors (Lipinski definition) is 1. The molecular weight excluding hydrogens is 339 g/mol. The summed E-state index contributed by atoms with van der Waals surface area (Å²) in [5, 5.41) is 3.07. The Morgan fingerprint density at radius 2 is 1.85 bits per heavy atom. The Bertz CT molecular complexity index is 736. The summed E-state index contributed by atoms with van der Waals surface area (Å²) >= 11 is 0. The van der Waals surface area contributed by atoms with Gasteiger partial charge in [-0.3, -0.25) is 9.69 Å². The number of hydrogen-bond acceptors (Lipinski definition) is 2. The number of benzene rings is 2. The third-order valence-corrected chi connectivity index (χ3v) is 5.30. The van der Waals surface area contributed by atoms with Crippen molar-refractivity contribution in [1.82, 2.24) is 10.2 Å². The third kappa shape index (κ3) is 6.17. The monoisotopic (exact) mass is 368 g/mol. The molecule has 27 heavy (non-hydrogen) atoms. The van der Waals surface area contributed by atoms with Gasteiger partial charge in [0.25, 0.3) is 0 Å². The van der Waals surface area contributed by atoms with Crippen LogP contribution in [0.5, 0.6) is 0 Å². The Kier molecular flexibility index (Phi) is 6.99. The Morgan fingerprint density at radius 3 is 2.56 bits per heavy atom. The minimum atomic E-state index is -0.208. The minimum Gasteiger partial charge on any atom is -0.356 e. The van der Waals surface area contributed by atoms with Gasteiger partial charge in [0, 0.05) is 19.0 Å². The number of likely N-dealkylation sites (tertiary alicyclic amines) is 1. The molecule has 0 aromatic heterocycles. The van der Waals surface area contributed by atoms with E-state index < -0.39 is 0 Å². The highest BCUT2D eigenvalue weighted by Gasteiger charge is 2.24. The number of rotatable bonds is 7. The Balaban J connectivity index is 1.34. The molecule has 2 aromatic rings. The van der Waals surface area contributed by atoms with Crippen molar-refractivity contribution in [2.45, 2.75) is 39.2 Å². The highest BCUT2D eigenvalue weighted by Crippen LogP contribution is 2.19. The Hall–Kier alpha value is -2.20. The summed E-state index contributed by atoms with van der Waals surface area (Å²) in [5.41, 5.74) is 3.75. The molecule has 0 unspecified atom stereocenters. The van der Waals surface area contributed by atoms with Crippen LogP contribution in [0, 0.1) is 18.7 Å². The van der Waals surface area contributed by atoms with Crippen LogP contribution in [-0.4, -0.2) is 30.4 Å². The molecule has 1 aliphatic heterocycles. The maximum atomic E-state index is 12.9. The van der Waals surface area contributed by atoms with Gasteiger partial charge in [0.1, 0.15) is 5.82 Å². The molecule has 1 N–H and O–H groups in total. The van der Waals surface area contributed by atoms with E-state index in [4.69, 9.17) is 0 Å². The second-order valence-corrected chi connectivity index (χ2v) is 7.56. The van der Waals surface area contributed by atoms with Crippen LogP contribution >= 0.6 is 0 Å². The smallest absolute Gasteiger partial charge is 0.223 e. The molecule has 0 bridgehead atoms. The number of carbonyl (C=O) groups excluding carboxylic acids is 1. The summed E-state index contributed by atoms with van der Waals surface area (Å²) in [5.74, 6) is 0.106. The molecule has 0 radical (unpaired) electrons. The number of amides is 1. The lowest BCUT2D eigenvalue weighted by Gasteiger charge is -2.31. The normalized spacial score (nSPS) is 15.6. The number of nitrogens with one attached hydrogen (secondary N) is 1. The molecule has 1 fully saturated rings.